The fourth-order valence-corrected chi connectivity index (χ4v) is 2.82. The van der Waals surface area contributed by atoms with Gasteiger partial charge in [0.05, 0.1) is 6.61 Å². The zero-order valence-electron chi connectivity index (χ0n) is 8.27. The van der Waals surface area contributed by atoms with Crippen molar-refractivity contribution in [2.45, 2.75) is 44.7 Å². The first-order chi connectivity index (χ1) is 6.74. The number of allylic oxidation sites excluding steroid dienone is 2. The van der Waals surface area contributed by atoms with Gasteiger partial charge in [-0.3, -0.25) is 0 Å². The Bertz CT molecular complexity index is 235. The summed E-state index contributed by atoms with van der Waals surface area (Å²) in [6.45, 7) is 0.865. The summed E-state index contributed by atoms with van der Waals surface area (Å²) in [4.78, 5) is 0. The zero-order valence-corrected chi connectivity index (χ0v) is 10.4. The summed E-state index contributed by atoms with van der Waals surface area (Å²) in [7, 11) is 0. The van der Waals surface area contributed by atoms with Gasteiger partial charge in [0.1, 0.15) is 29.2 Å². The maximum atomic E-state index is 12.9. The maximum absolute atomic E-state index is 12.9. The van der Waals surface area contributed by atoms with Crippen molar-refractivity contribution < 1.29 is 7.46 Å². The van der Waals surface area contributed by atoms with Gasteiger partial charge in [0.25, 0.3) is 0 Å². The SMILES string of the molecule is FC1CC=C(CC2(COI)CC2)CC1. The van der Waals surface area contributed by atoms with Gasteiger partial charge in [-0.2, -0.15) is 0 Å². The molecular weight excluding hydrogens is 294 g/mol. The number of rotatable bonds is 4. The molecule has 2 aliphatic carbocycles. The highest BCUT2D eigenvalue weighted by Crippen LogP contribution is 2.52. The van der Waals surface area contributed by atoms with Crippen LogP contribution < -0.4 is 0 Å². The van der Waals surface area contributed by atoms with Gasteiger partial charge in [-0.05, 0) is 43.9 Å². The largest absolute Gasteiger partial charge is 0.315 e. The van der Waals surface area contributed by atoms with Crippen LogP contribution in [0, 0.1) is 5.41 Å². The van der Waals surface area contributed by atoms with E-state index in [1.807, 2.05) is 23.0 Å². The van der Waals surface area contributed by atoms with Gasteiger partial charge < -0.3 is 3.07 Å². The molecule has 0 amide bonds. The highest BCUT2D eigenvalue weighted by atomic mass is 127. The highest BCUT2D eigenvalue weighted by molar-refractivity contribution is 14.1. The molecule has 2 aliphatic rings. The lowest BCUT2D eigenvalue weighted by Gasteiger charge is -2.20. The highest BCUT2D eigenvalue weighted by Gasteiger charge is 2.43. The third kappa shape index (κ3) is 2.69. The fraction of sp³-hybridized carbons (Fsp3) is 0.818. The Morgan fingerprint density at radius 2 is 2.36 bits per heavy atom. The molecule has 14 heavy (non-hydrogen) atoms. The third-order valence-electron chi connectivity index (χ3n) is 3.36. The van der Waals surface area contributed by atoms with Crippen molar-refractivity contribution in [3.63, 3.8) is 0 Å². The Balaban J connectivity index is 1.85. The van der Waals surface area contributed by atoms with Crippen LogP contribution in [0.5, 0.6) is 0 Å². The van der Waals surface area contributed by atoms with Crippen molar-refractivity contribution in [3.05, 3.63) is 11.6 Å². The summed E-state index contributed by atoms with van der Waals surface area (Å²) >= 11 is 1.97. The Kier molecular flexibility index (Phi) is 3.47. The Morgan fingerprint density at radius 1 is 1.57 bits per heavy atom. The second-order valence-electron chi connectivity index (χ2n) is 4.66. The van der Waals surface area contributed by atoms with Crippen LogP contribution in [0.2, 0.25) is 0 Å². The van der Waals surface area contributed by atoms with Gasteiger partial charge >= 0.3 is 0 Å². The predicted octanol–water partition coefficient (Wildman–Crippen LogP) is 3.97. The third-order valence-corrected chi connectivity index (χ3v) is 3.67. The van der Waals surface area contributed by atoms with E-state index in [1.54, 1.807) is 0 Å². The van der Waals surface area contributed by atoms with E-state index in [0.29, 0.717) is 11.8 Å². The molecule has 0 saturated heterocycles. The maximum Gasteiger partial charge on any atom is 0.109 e. The number of hydrogen-bond donors (Lipinski definition) is 0. The van der Waals surface area contributed by atoms with Crippen LogP contribution >= 0.6 is 23.0 Å². The molecule has 0 N–H and O–H groups in total. The summed E-state index contributed by atoms with van der Waals surface area (Å²) in [6.07, 6.45) is 7.56. The van der Waals surface area contributed by atoms with Crippen molar-refractivity contribution in [2.75, 3.05) is 6.61 Å². The fourth-order valence-electron chi connectivity index (χ4n) is 2.16. The lowest BCUT2D eigenvalue weighted by molar-refractivity contribution is 0.282. The monoisotopic (exact) mass is 310 g/mol. The zero-order chi connectivity index (χ0) is 10.0. The van der Waals surface area contributed by atoms with E-state index in [4.69, 9.17) is 3.07 Å². The molecule has 0 spiro atoms. The van der Waals surface area contributed by atoms with Gasteiger partial charge in [-0.25, -0.2) is 4.39 Å². The molecule has 0 bridgehead atoms. The summed E-state index contributed by atoms with van der Waals surface area (Å²) in [5, 5.41) is 0. The summed E-state index contributed by atoms with van der Waals surface area (Å²) < 4.78 is 18.1. The van der Waals surface area contributed by atoms with Crippen molar-refractivity contribution in [1.29, 1.82) is 0 Å². The molecule has 3 heteroatoms. The van der Waals surface area contributed by atoms with Crippen LogP contribution in [-0.2, 0) is 3.07 Å². The Labute approximate surface area is 98.8 Å². The van der Waals surface area contributed by atoms with Gasteiger partial charge in [0.15, 0.2) is 0 Å². The number of hydrogen-bond acceptors (Lipinski definition) is 1. The Morgan fingerprint density at radius 3 is 2.86 bits per heavy atom. The molecule has 0 aromatic carbocycles. The molecule has 0 aromatic heterocycles. The molecule has 1 nitrogen and oxygen atoms in total. The van der Waals surface area contributed by atoms with E-state index in [1.165, 1.54) is 18.4 Å². The second kappa shape index (κ2) is 4.47. The minimum Gasteiger partial charge on any atom is -0.315 e. The minimum absolute atomic E-state index is 0.427. The van der Waals surface area contributed by atoms with Crippen LogP contribution in [0.15, 0.2) is 11.6 Å². The normalized spacial score (nSPS) is 29.9. The summed E-state index contributed by atoms with van der Waals surface area (Å²) in [6, 6.07) is 0. The van der Waals surface area contributed by atoms with Gasteiger partial charge in [-0.1, -0.05) is 11.6 Å². The standard InChI is InChI=1S/C11H16FIO/c12-10-3-1-9(2-4-10)7-11(5-6-11)8-14-13/h1,10H,2-8H2. The first-order valence-corrected chi connectivity index (χ1v) is 6.18. The van der Waals surface area contributed by atoms with Crippen LogP contribution in [0.1, 0.15) is 38.5 Å². The van der Waals surface area contributed by atoms with E-state index in [-0.39, 0.29) is 0 Å². The second-order valence-corrected chi connectivity index (χ2v) is 5.29. The molecule has 1 saturated carbocycles. The Hall–Kier alpha value is 0.360. The van der Waals surface area contributed by atoms with Gasteiger partial charge in [0.2, 0.25) is 0 Å². The first kappa shape index (κ1) is 10.9. The quantitative estimate of drug-likeness (QED) is 0.564. The lowest BCUT2D eigenvalue weighted by atomic mass is 9.89. The van der Waals surface area contributed by atoms with E-state index < -0.39 is 6.17 Å². The molecule has 0 heterocycles. The summed E-state index contributed by atoms with van der Waals surface area (Å²) in [5.74, 6) is 0. The molecule has 1 atom stereocenters. The smallest absolute Gasteiger partial charge is 0.109 e. The molecular formula is C11H16FIO. The first-order valence-electron chi connectivity index (χ1n) is 5.30. The number of halogens is 2. The molecule has 80 valence electrons. The van der Waals surface area contributed by atoms with E-state index in [0.717, 1.165) is 25.9 Å². The van der Waals surface area contributed by atoms with Crippen LogP contribution in [0.4, 0.5) is 4.39 Å². The average molecular weight is 310 g/mol. The molecule has 0 aromatic rings. The summed E-state index contributed by atoms with van der Waals surface area (Å²) in [5.41, 5.74) is 1.89. The van der Waals surface area contributed by atoms with Crippen LogP contribution in [-0.4, -0.2) is 12.8 Å². The molecule has 0 radical (unpaired) electrons. The van der Waals surface area contributed by atoms with Crippen molar-refractivity contribution in [2.24, 2.45) is 5.41 Å². The van der Waals surface area contributed by atoms with Gasteiger partial charge in [0, 0.05) is 0 Å². The minimum atomic E-state index is -0.588. The molecule has 1 unspecified atom stereocenters. The van der Waals surface area contributed by atoms with Crippen molar-refractivity contribution in [3.8, 4) is 0 Å². The molecule has 1 fully saturated rings. The van der Waals surface area contributed by atoms with E-state index >= 15 is 0 Å². The van der Waals surface area contributed by atoms with Crippen LogP contribution in [0.3, 0.4) is 0 Å². The lowest BCUT2D eigenvalue weighted by Crippen LogP contribution is -2.12. The van der Waals surface area contributed by atoms with Crippen LogP contribution in [0.25, 0.3) is 0 Å². The van der Waals surface area contributed by atoms with E-state index in [2.05, 4.69) is 6.08 Å². The van der Waals surface area contributed by atoms with Crippen molar-refractivity contribution in [1.82, 2.24) is 0 Å². The van der Waals surface area contributed by atoms with Crippen molar-refractivity contribution >= 4 is 23.0 Å². The molecule has 0 aliphatic heterocycles. The predicted molar refractivity (Wildman–Crippen MR) is 63.1 cm³/mol. The van der Waals surface area contributed by atoms with E-state index in [9.17, 15) is 4.39 Å². The number of alkyl halides is 1. The molecule has 2 rings (SSSR count). The topological polar surface area (TPSA) is 9.23 Å². The van der Waals surface area contributed by atoms with Gasteiger partial charge in [-0.15, -0.1) is 0 Å². The average Bonchev–Trinajstić information content (AvgIpc) is 2.90.